The minimum Gasteiger partial charge on any atom is -0.414 e. The van der Waals surface area contributed by atoms with E-state index >= 15 is 0 Å². The number of nitrogens with zero attached hydrogens (tertiary/aromatic N) is 4. The lowest BCUT2D eigenvalue weighted by atomic mass is 10.00. The van der Waals surface area contributed by atoms with Gasteiger partial charge in [0.15, 0.2) is 5.82 Å². The second-order valence-corrected chi connectivity index (χ2v) is 12.2. The van der Waals surface area contributed by atoms with Crippen LogP contribution in [0.4, 0.5) is 9.18 Å². The summed E-state index contributed by atoms with van der Waals surface area (Å²) in [4.78, 5) is 19.8. The molecular formula is C25H28FN4O2S2+. The van der Waals surface area contributed by atoms with Crippen molar-refractivity contribution in [2.75, 3.05) is 13.6 Å². The second-order valence-electron chi connectivity index (χ2n) is 10.2. The second kappa shape index (κ2) is 7.96. The van der Waals surface area contributed by atoms with Crippen LogP contribution in [0.3, 0.4) is 0 Å². The summed E-state index contributed by atoms with van der Waals surface area (Å²) in [6.45, 7) is 8.45. The minimum atomic E-state index is -0.506. The number of hydrogen-bond donors (Lipinski definition) is 0. The van der Waals surface area contributed by atoms with Crippen LogP contribution in [0.15, 0.2) is 30.5 Å². The number of aryl methyl sites for hydroxylation is 1. The molecule has 9 heteroatoms. The molecule has 1 aliphatic rings. The quantitative estimate of drug-likeness (QED) is 0.291. The molecule has 0 saturated carbocycles. The standard InChI is InChI=1S/C25H28FN4O2S2/c1-14-9-15(7-8-30(14,6)24(31)32-25(2,3)4)19-12-20-23(33-19)27-22(34-20)16-10-17-13-29(5)28-21(17)18(26)11-16/h9-14H,7-8H2,1-6H3/q+1. The maximum Gasteiger partial charge on any atom is 0.516 e. The summed E-state index contributed by atoms with van der Waals surface area (Å²) >= 11 is 3.22. The summed E-state index contributed by atoms with van der Waals surface area (Å²) in [5.74, 6) is -0.333. The SMILES string of the molecule is CC1C=C(c2cc3sc(-c4cc(F)c5nn(C)cc5c4)nc3s2)CC[N+]1(C)C(=O)OC(C)(C)C. The number of aromatic nitrogens is 3. The molecule has 2 unspecified atom stereocenters. The van der Waals surface area contributed by atoms with Crippen LogP contribution in [0, 0.1) is 5.82 Å². The van der Waals surface area contributed by atoms with Crippen molar-refractivity contribution in [2.24, 2.45) is 7.05 Å². The third kappa shape index (κ3) is 4.06. The number of fused-ring (bicyclic) bond motifs is 2. The molecule has 1 aromatic carbocycles. The molecule has 1 amide bonds. The van der Waals surface area contributed by atoms with Crippen LogP contribution in [0.2, 0.25) is 0 Å². The van der Waals surface area contributed by atoms with Crippen molar-refractivity contribution < 1.29 is 18.4 Å². The summed E-state index contributed by atoms with van der Waals surface area (Å²) < 4.78 is 23.2. The van der Waals surface area contributed by atoms with E-state index in [0.717, 1.165) is 31.9 Å². The summed E-state index contributed by atoms with van der Waals surface area (Å²) in [5, 5.41) is 5.75. The Hall–Kier alpha value is -2.62. The van der Waals surface area contributed by atoms with E-state index in [4.69, 9.17) is 9.72 Å². The van der Waals surface area contributed by atoms with Crippen molar-refractivity contribution in [1.29, 1.82) is 0 Å². The number of hydrogen-bond acceptors (Lipinski definition) is 6. The molecule has 0 spiro atoms. The Labute approximate surface area is 205 Å². The molecule has 178 valence electrons. The van der Waals surface area contributed by atoms with Gasteiger partial charge < -0.3 is 4.74 Å². The first-order chi connectivity index (χ1) is 15.9. The highest BCUT2D eigenvalue weighted by atomic mass is 32.1. The van der Waals surface area contributed by atoms with E-state index in [-0.39, 0.29) is 22.4 Å². The van der Waals surface area contributed by atoms with Crippen molar-refractivity contribution in [3.05, 3.63) is 41.2 Å². The fourth-order valence-electron chi connectivity index (χ4n) is 4.28. The van der Waals surface area contributed by atoms with Gasteiger partial charge in [0.1, 0.15) is 27.0 Å². The number of ether oxygens (including phenoxy) is 1. The predicted octanol–water partition coefficient (Wildman–Crippen LogP) is 6.61. The van der Waals surface area contributed by atoms with Crippen molar-refractivity contribution in [2.45, 2.75) is 45.8 Å². The molecule has 0 radical (unpaired) electrons. The molecule has 4 heterocycles. The minimum absolute atomic E-state index is 0.0106. The Morgan fingerprint density at radius 2 is 2.03 bits per heavy atom. The molecule has 34 heavy (non-hydrogen) atoms. The van der Waals surface area contributed by atoms with E-state index in [9.17, 15) is 9.18 Å². The van der Waals surface area contributed by atoms with Crippen LogP contribution in [0.5, 0.6) is 0 Å². The first-order valence-electron chi connectivity index (χ1n) is 11.3. The van der Waals surface area contributed by atoms with E-state index < -0.39 is 5.60 Å². The van der Waals surface area contributed by atoms with Crippen LogP contribution in [-0.2, 0) is 11.8 Å². The smallest absolute Gasteiger partial charge is 0.414 e. The highest BCUT2D eigenvalue weighted by molar-refractivity contribution is 7.29. The number of rotatable bonds is 2. The topological polar surface area (TPSA) is 57.0 Å². The van der Waals surface area contributed by atoms with E-state index in [0.29, 0.717) is 12.1 Å². The van der Waals surface area contributed by atoms with E-state index in [1.807, 2.05) is 40.1 Å². The number of thiophene rings is 1. The molecule has 6 nitrogen and oxygen atoms in total. The summed E-state index contributed by atoms with van der Waals surface area (Å²) in [7, 11) is 3.74. The molecule has 5 rings (SSSR count). The third-order valence-electron chi connectivity index (χ3n) is 6.33. The van der Waals surface area contributed by atoms with Crippen molar-refractivity contribution in [1.82, 2.24) is 14.8 Å². The molecule has 0 aliphatic carbocycles. The summed E-state index contributed by atoms with van der Waals surface area (Å²) in [6, 6.07) is 5.63. The van der Waals surface area contributed by atoms with E-state index in [1.165, 1.54) is 16.5 Å². The first kappa shape index (κ1) is 23.1. The van der Waals surface area contributed by atoms with Gasteiger partial charge >= 0.3 is 6.09 Å². The van der Waals surface area contributed by atoms with Crippen LogP contribution < -0.4 is 0 Å². The predicted molar refractivity (Wildman–Crippen MR) is 137 cm³/mol. The number of carbonyl (C=O) groups is 1. The Bertz CT molecular complexity index is 1430. The molecule has 0 bridgehead atoms. The number of thiazole rings is 1. The Morgan fingerprint density at radius 3 is 2.71 bits per heavy atom. The lowest BCUT2D eigenvalue weighted by molar-refractivity contribution is -0.856. The number of carbonyl (C=O) groups excluding carboxylic acids is 1. The van der Waals surface area contributed by atoms with E-state index in [1.54, 1.807) is 34.4 Å². The monoisotopic (exact) mass is 499 g/mol. The molecule has 3 aromatic heterocycles. The highest BCUT2D eigenvalue weighted by Crippen LogP contribution is 2.41. The Morgan fingerprint density at radius 1 is 1.26 bits per heavy atom. The van der Waals surface area contributed by atoms with Crippen molar-refractivity contribution >= 4 is 54.8 Å². The number of halogens is 1. The van der Waals surface area contributed by atoms with Crippen LogP contribution >= 0.6 is 22.7 Å². The van der Waals surface area contributed by atoms with E-state index in [2.05, 4.69) is 24.2 Å². The third-order valence-corrected chi connectivity index (χ3v) is 8.61. The van der Waals surface area contributed by atoms with Crippen LogP contribution in [-0.4, -0.2) is 50.6 Å². The molecule has 0 fully saturated rings. The maximum absolute atomic E-state index is 14.5. The van der Waals surface area contributed by atoms with Crippen molar-refractivity contribution in [3.8, 4) is 10.6 Å². The molecule has 4 aromatic rings. The van der Waals surface area contributed by atoms with Gasteiger partial charge in [-0.25, -0.2) is 13.9 Å². The van der Waals surface area contributed by atoms with Gasteiger partial charge in [0.2, 0.25) is 0 Å². The molecule has 0 saturated heterocycles. The number of amides is 1. The zero-order valence-electron chi connectivity index (χ0n) is 20.2. The largest absolute Gasteiger partial charge is 0.516 e. The van der Waals surface area contributed by atoms with Crippen molar-refractivity contribution in [3.63, 3.8) is 0 Å². The average molecular weight is 500 g/mol. The summed E-state index contributed by atoms with van der Waals surface area (Å²) in [5.41, 5.74) is 1.88. The average Bonchev–Trinajstić information content (AvgIpc) is 3.41. The zero-order chi connectivity index (χ0) is 24.4. The van der Waals surface area contributed by atoms with Gasteiger partial charge in [-0.1, -0.05) is 0 Å². The van der Waals surface area contributed by atoms with Gasteiger partial charge in [-0.3, -0.25) is 4.68 Å². The van der Waals surface area contributed by atoms with Crippen LogP contribution in [0.25, 0.3) is 36.6 Å². The Balaban J connectivity index is 1.41. The first-order valence-corrected chi connectivity index (χ1v) is 12.9. The van der Waals surface area contributed by atoms with Gasteiger partial charge in [0.25, 0.3) is 0 Å². The van der Waals surface area contributed by atoms with Gasteiger partial charge in [0, 0.05) is 35.5 Å². The number of quaternary nitrogens is 1. The van der Waals surface area contributed by atoms with Gasteiger partial charge in [-0.2, -0.15) is 9.89 Å². The molecular weight excluding hydrogens is 471 g/mol. The maximum atomic E-state index is 14.5. The molecule has 2 atom stereocenters. The molecule has 1 aliphatic heterocycles. The fraction of sp³-hybridized carbons (Fsp3) is 0.400. The van der Waals surface area contributed by atoms with Crippen LogP contribution in [0.1, 0.15) is 39.0 Å². The lowest BCUT2D eigenvalue weighted by Crippen LogP contribution is -2.58. The zero-order valence-corrected chi connectivity index (χ0v) is 21.8. The Kier molecular flexibility index (Phi) is 5.42. The summed E-state index contributed by atoms with van der Waals surface area (Å²) in [6.07, 6.45) is 4.61. The van der Waals surface area contributed by atoms with Gasteiger partial charge in [0.05, 0.1) is 18.3 Å². The number of likely N-dealkylation sites (N-methyl/N-ethyl adjacent to an activating group) is 1. The van der Waals surface area contributed by atoms with Gasteiger partial charge in [-0.15, -0.1) is 22.7 Å². The fourth-order valence-corrected chi connectivity index (χ4v) is 6.53. The van der Waals surface area contributed by atoms with Gasteiger partial charge in [-0.05, 0) is 57.5 Å². The number of benzene rings is 1. The molecule has 0 N–H and O–H groups in total. The highest BCUT2D eigenvalue weighted by Gasteiger charge is 2.43. The lowest BCUT2D eigenvalue weighted by Gasteiger charge is -2.39. The normalized spacial score (nSPS) is 21.3.